The molecule has 1 amide bonds. The molecule has 112 valence electrons. The molecular weight excluding hydrogens is 273 g/mol. The minimum atomic E-state index is -0.519. The lowest BCUT2D eigenvalue weighted by atomic mass is 10.1. The SMILES string of the molecule is CC(C)(C)OC(=O)N1CC(Nc2ccc(C#N)cc2F)C1. The molecule has 5 nitrogen and oxygen atoms in total. The van der Waals surface area contributed by atoms with Gasteiger partial charge in [-0.25, -0.2) is 9.18 Å². The quantitative estimate of drug-likeness (QED) is 0.910. The smallest absolute Gasteiger partial charge is 0.410 e. The van der Waals surface area contributed by atoms with Crippen LogP contribution in [0.3, 0.4) is 0 Å². The Kier molecular flexibility index (Phi) is 4.03. The second-order valence-electron chi connectivity index (χ2n) is 6.03. The molecular formula is C15H18FN3O2. The number of ether oxygens (including phenoxy) is 1. The van der Waals surface area contributed by atoms with Crippen molar-refractivity contribution in [1.29, 1.82) is 5.26 Å². The first kappa shape index (κ1) is 15.1. The maximum absolute atomic E-state index is 13.7. The van der Waals surface area contributed by atoms with Gasteiger partial charge in [-0.05, 0) is 39.0 Å². The van der Waals surface area contributed by atoms with Crippen molar-refractivity contribution >= 4 is 11.8 Å². The topological polar surface area (TPSA) is 65.4 Å². The molecule has 0 radical (unpaired) electrons. The normalized spacial score (nSPS) is 15.1. The van der Waals surface area contributed by atoms with E-state index < -0.39 is 11.4 Å². The van der Waals surface area contributed by atoms with Crippen molar-refractivity contribution in [3.63, 3.8) is 0 Å². The van der Waals surface area contributed by atoms with Gasteiger partial charge >= 0.3 is 6.09 Å². The predicted octanol–water partition coefficient (Wildman–Crippen LogP) is 2.73. The Balaban J connectivity index is 1.86. The molecule has 1 fully saturated rings. The number of benzene rings is 1. The largest absolute Gasteiger partial charge is 0.444 e. The summed E-state index contributed by atoms with van der Waals surface area (Å²) in [6, 6.07) is 6.14. The molecule has 0 saturated carbocycles. The fourth-order valence-electron chi connectivity index (χ4n) is 1.97. The number of nitrogens with zero attached hydrogens (tertiary/aromatic N) is 2. The van der Waals surface area contributed by atoms with Gasteiger partial charge < -0.3 is 15.0 Å². The monoisotopic (exact) mass is 291 g/mol. The van der Waals surface area contributed by atoms with Gasteiger partial charge in [-0.3, -0.25) is 0 Å². The highest BCUT2D eigenvalue weighted by Crippen LogP contribution is 2.21. The van der Waals surface area contributed by atoms with Crippen LogP contribution in [0.2, 0.25) is 0 Å². The number of hydrogen-bond donors (Lipinski definition) is 1. The number of likely N-dealkylation sites (tertiary alicyclic amines) is 1. The standard InChI is InChI=1S/C15H18FN3O2/c1-15(2,3)21-14(20)19-8-11(9-19)18-13-5-4-10(7-17)6-12(13)16/h4-6,11,18H,8-9H2,1-3H3. The Morgan fingerprint density at radius 1 is 1.48 bits per heavy atom. The molecule has 1 aromatic carbocycles. The average molecular weight is 291 g/mol. The molecule has 0 atom stereocenters. The molecule has 1 aromatic rings. The number of nitriles is 1. The molecule has 0 spiro atoms. The van der Waals surface area contributed by atoms with E-state index in [4.69, 9.17) is 10.00 Å². The zero-order chi connectivity index (χ0) is 15.6. The Morgan fingerprint density at radius 3 is 2.67 bits per heavy atom. The Bertz CT molecular complexity index is 584. The van der Waals surface area contributed by atoms with Crippen LogP contribution in [0, 0.1) is 17.1 Å². The number of nitrogens with one attached hydrogen (secondary N) is 1. The van der Waals surface area contributed by atoms with E-state index in [1.54, 1.807) is 11.0 Å². The van der Waals surface area contributed by atoms with Crippen molar-refractivity contribution in [3.05, 3.63) is 29.6 Å². The van der Waals surface area contributed by atoms with Gasteiger partial charge in [0, 0.05) is 13.1 Å². The van der Waals surface area contributed by atoms with Gasteiger partial charge in [-0.15, -0.1) is 0 Å². The molecule has 0 aliphatic carbocycles. The lowest BCUT2D eigenvalue weighted by molar-refractivity contribution is 0.0105. The molecule has 0 aromatic heterocycles. The fraction of sp³-hybridized carbons (Fsp3) is 0.467. The van der Waals surface area contributed by atoms with E-state index in [-0.39, 0.29) is 17.7 Å². The molecule has 1 aliphatic heterocycles. The minimum absolute atomic E-state index is 0.0139. The summed E-state index contributed by atoms with van der Waals surface area (Å²) in [5.74, 6) is -0.468. The predicted molar refractivity (Wildman–Crippen MR) is 76.3 cm³/mol. The van der Waals surface area contributed by atoms with E-state index >= 15 is 0 Å². The summed E-state index contributed by atoms with van der Waals surface area (Å²) in [7, 11) is 0. The molecule has 0 unspecified atom stereocenters. The summed E-state index contributed by atoms with van der Waals surface area (Å²) in [6.07, 6.45) is -0.360. The van der Waals surface area contributed by atoms with Crippen molar-refractivity contribution in [2.45, 2.75) is 32.4 Å². The van der Waals surface area contributed by atoms with Crippen LogP contribution in [0.1, 0.15) is 26.3 Å². The minimum Gasteiger partial charge on any atom is -0.444 e. The highest BCUT2D eigenvalue weighted by atomic mass is 19.1. The summed E-state index contributed by atoms with van der Waals surface area (Å²) in [5, 5.41) is 11.7. The number of rotatable bonds is 2. The third-order valence-corrected chi connectivity index (χ3v) is 2.99. The fourth-order valence-corrected chi connectivity index (χ4v) is 1.97. The molecule has 0 bridgehead atoms. The molecule has 1 heterocycles. The summed E-state index contributed by atoms with van der Waals surface area (Å²) in [6.45, 7) is 6.37. The molecule has 1 saturated heterocycles. The Labute approximate surface area is 123 Å². The first-order chi connectivity index (χ1) is 9.78. The van der Waals surface area contributed by atoms with Crippen molar-refractivity contribution in [2.75, 3.05) is 18.4 Å². The van der Waals surface area contributed by atoms with E-state index in [0.717, 1.165) is 0 Å². The van der Waals surface area contributed by atoms with E-state index in [2.05, 4.69) is 5.32 Å². The van der Waals surface area contributed by atoms with Crippen molar-refractivity contribution in [3.8, 4) is 6.07 Å². The second-order valence-corrected chi connectivity index (χ2v) is 6.03. The lowest BCUT2D eigenvalue weighted by Gasteiger charge is -2.40. The maximum Gasteiger partial charge on any atom is 0.410 e. The van der Waals surface area contributed by atoms with Crippen LogP contribution in [0.5, 0.6) is 0 Å². The molecule has 21 heavy (non-hydrogen) atoms. The van der Waals surface area contributed by atoms with Crippen LogP contribution in [-0.2, 0) is 4.74 Å². The van der Waals surface area contributed by atoms with Gasteiger partial charge in [0.2, 0.25) is 0 Å². The van der Waals surface area contributed by atoms with E-state index in [0.29, 0.717) is 18.8 Å². The van der Waals surface area contributed by atoms with Gasteiger partial charge in [0.15, 0.2) is 0 Å². The number of halogens is 1. The van der Waals surface area contributed by atoms with Crippen LogP contribution >= 0.6 is 0 Å². The first-order valence-electron chi connectivity index (χ1n) is 6.72. The van der Waals surface area contributed by atoms with E-state index in [1.165, 1.54) is 12.1 Å². The number of carbonyl (C=O) groups excluding carboxylic acids is 1. The van der Waals surface area contributed by atoms with Crippen molar-refractivity contribution < 1.29 is 13.9 Å². The summed E-state index contributed by atoms with van der Waals surface area (Å²) in [5.41, 5.74) is 0.0966. The summed E-state index contributed by atoms with van der Waals surface area (Å²) < 4.78 is 19.0. The van der Waals surface area contributed by atoms with Crippen LogP contribution in [-0.4, -0.2) is 35.7 Å². The van der Waals surface area contributed by atoms with E-state index in [9.17, 15) is 9.18 Å². The summed E-state index contributed by atoms with van der Waals surface area (Å²) in [4.78, 5) is 13.3. The molecule has 1 aliphatic rings. The highest BCUT2D eigenvalue weighted by molar-refractivity contribution is 5.69. The highest BCUT2D eigenvalue weighted by Gasteiger charge is 2.33. The Hall–Kier alpha value is -2.29. The van der Waals surface area contributed by atoms with Gasteiger partial charge in [0.1, 0.15) is 11.4 Å². The number of hydrogen-bond acceptors (Lipinski definition) is 4. The zero-order valence-electron chi connectivity index (χ0n) is 12.3. The van der Waals surface area contributed by atoms with E-state index in [1.807, 2.05) is 26.8 Å². The zero-order valence-corrected chi connectivity index (χ0v) is 12.3. The van der Waals surface area contributed by atoms with Gasteiger partial charge in [-0.2, -0.15) is 5.26 Å². The molecule has 6 heteroatoms. The number of anilines is 1. The van der Waals surface area contributed by atoms with Crippen LogP contribution in [0.4, 0.5) is 14.9 Å². The number of amides is 1. The van der Waals surface area contributed by atoms with Gasteiger partial charge in [-0.1, -0.05) is 0 Å². The first-order valence-corrected chi connectivity index (χ1v) is 6.72. The third kappa shape index (κ3) is 3.85. The lowest BCUT2D eigenvalue weighted by Crippen LogP contribution is -2.58. The number of carbonyl (C=O) groups is 1. The molecule has 2 rings (SSSR count). The summed E-state index contributed by atoms with van der Waals surface area (Å²) >= 11 is 0. The van der Waals surface area contributed by atoms with Gasteiger partial charge in [0.05, 0.1) is 23.4 Å². The average Bonchev–Trinajstić information content (AvgIpc) is 2.32. The third-order valence-electron chi connectivity index (χ3n) is 2.99. The van der Waals surface area contributed by atoms with Gasteiger partial charge in [0.25, 0.3) is 0 Å². The molecule has 1 N–H and O–H groups in total. The van der Waals surface area contributed by atoms with Crippen LogP contribution in [0.25, 0.3) is 0 Å². The van der Waals surface area contributed by atoms with Crippen LogP contribution < -0.4 is 5.32 Å². The van der Waals surface area contributed by atoms with Crippen LogP contribution in [0.15, 0.2) is 18.2 Å². The van der Waals surface area contributed by atoms with Crippen molar-refractivity contribution in [1.82, 2.24) is 4.90 Å². The second kappa shape index (κ2) is 5.60. The maximum atomic E-state index is 13.7. The Morgan fingerprint density at radius 2 is 2.14 bits per heavy atom. The van der Waals surface area contributed by atoms with Crippen molar-refractivity contribution in [2.24, 2.45) is 0 Å².